The van der Waals surface area contributed by atoms with Gasteiger partial charge in [-0.25, -0.2) is 0 Å². The van der Waals surface area contributed by atoms with Gasteiger partial charge in [-0.05, 0) is 105 Å². The molecule has 10 nitrogen and oxygen atoms in total. The molecule has 0 bridgehead atoms. The highest BCUT2D eigenvalue weighted by molar-refractivity contribution is 5.18. The van der Waals surface area contributed by atoms with E-state index in [-0.39, 0.29) is 45.2 Å². The van der Waals surface area contributed by atoms with E-state index in [1.165, 1.54) is 11.1 Å². The maximum absolute atomic E-state index is 6.90. The smallest absolute Gasteiger partial charge is 0.172 e. The Kier molecular flexibility index (Phi) is 17.6. The van der Waals surface area contributed by atoms with E-state index in [1.54, 1.807) is 0 Å². The molecule has 0 N–H and O–H groups in total. The standard InChI is InChI=1S/C55H90N2O8/c1-13-50(12)36-54(34-48(8,9)56(50)64-44(6)46-28-22-20-23-29-46)60-40-51(14-2,41-61-54)38-58-32-26-18-19-27-33-59-39-52(15-3)42-62-55(63-43-52)35-49(10,11)57(53(16-4,17-5)37-55)65-45(7)47-30-24-21-25-31-47/h20-25,28-31,44-45H,13-19,26-27,32-43H2,1-12H3. The minimum Gasteiger partial charge on any atom is -0.381 e. The van der Waals surface area contributed by atoms with Gasteiger partial charge in [0.2, 0.25) is 0 Å². The maximum Gasteiger partial charge on any atom is 0.172 e. The highest BCUT2D eigenvalue weighted by atomic mass is 16.7. The van der Waals surface area contributed by atoms with Crippen LogP contribution in [0.2, 0.25) is 0 Å². The Morgan fingerprint density at radius 1 is 0.492 bits per heavy atom. The van der Waals surface area contributed by atoms with Crippen LogP contribution >= 0.6 is 0 Å². The Morgan fingerprint density at radius 3 is 1.29 bits per heavy atom. The molecule has 3 unspecified atom stereocenters. The van der Waals surface area contributed by atoms with E-state index >= 15 is 0 Å². The van der Waals surface area contributed by atoms with Crippen molar-refractivity contribution >= 4 is 0 Å². The van der Waals surface area contributed by atoms with Crippen LogP contribution in [0.3, 0.4) is 0 Å². The fraction of sp³-hybridized carbons (Fsp3) is 0.782. The van der Waals surface area contributed by atoms with Crippen molar-refractivity contribution in [1.82, 2.24) is 10.1 Å². The molecule has 4 aliphatic rings. The van der Waals surface area contributed by atoms with E-state index < -0.39 is 11.6 Å². The summed E-state index contributed by atoms with van der Waals surface area (Å²) in [7, 11) is 0. The molecule has 0 aromatic heterocycles. The molecule has 4 heterocycles. The normalized spacial score (nSPS) is 31.0. The molecule has 0 aliphatic carbocycles. The Balaban J connectivity index is 0.888. The molecule has 2 aromatic rings. The Bertz CT molecular complexity index is 1720. The van der Waals surface area contributed by atoms with Crippen molar-refractivity contribution in [3.05, 3.63) is 71.8 Å². The van der Waals surface area contributed by atoms with E-state index in [0.717, 1.165) is 96.7 Å². The van der Waals surface area contributed by atoms with Crippen LogP contribution in [0, 0.1) is 10.8 Å². The lowest BCUT2D eigenvalue weighted by molar-refractivity contribution is -0.397. The van der Waals surface area contributed by atoms with E-state index in [4.69, 9.17) is 38.1 Å². The highest BCUT2D eigenvalue weighted by Gasteiger charge is 2.61. The summed E-state index contributed by atoms with van der Waals surface area (Å²) in [5.74, 6) is -1.27. The van der Waals surface area contributed by atoms with Gasteiger partial charge in [0.1, 0.15) is 12.2 Å². The molecule has 6 rings (SSSR count). The van der Waals surface area contributed by atoms with Gasteiger partial charge in [0.15, 0.2) is 11.6 Å². The van der Waals surface area contributed by atoms with Gasteiger partial charge in [-0.3, -0.25) is 9.68 Å². The molecule has 10 heteroatoms. The van der Waals surface area contributed by atoms with Crippen molar-refractivity contribution in [3.63, 3.8) is 0 Å². The molecular weight excluding hydrogens is 817 g/mol. The molecule has 4 aliphatic heterocycles. The Hall–Kier alpha value is -1.96. The minimum absolute atomic E-state index is 0.0505. The van der Waals surface area contributed by atoms with E-state index in [2.05, 4.69) is 154 Å². The molecular formula is C55H90N2O8. The number of ether oxygens (including phenoxy) is 6. The summed E-state index contributed by atoms with van der Waals surface area (Å²) in [6.45, 7) is 32.3. The molecule has 368 valence electrons. The zero-order valence-corrected chi connectivity index (χ0v) is 42.9. The van der Waals surface area contributed by atoms with Crippen LogP contribution < -0.4 is 0 Å². The second-order valence-electron chi connectivity index (χ2n) is 22.2. The molecule has 65 heavy (non-hydrogen) atoms. The number of hydrogen-bond acceptors (Lipinski definition) is 10. The summed E-state index contributed by atoms with van der Waals surface area (Å²) < 4.78 is 40.2. The molecule has 0 saturated carbocycles. The van der Waals surface area contributed by atoms with Crippen molar-refractivity contribution < 1.29 is 38.1 Å². The van der Waals surface area contributed by atoms with Crippen LogP contribution in [0.25, 0.3) is 0 Å². The lowest BCUT2D eigenvalue weighted by atomic mass is 9.72. The van der Waals surface area contributed by atoms with Crippen molar-refractivity contribution in [3.8, 4) is 0 Å². The van der Waals surface area contributed by atoms with Crippen molar-refractivity contribution in [2.24, 2.45) is 10.8 Å². The van der Waals surface area contributed by atoms with Gasteiger partial charge in [0.25, 0.3) is 0 Å². The van der Waals surface area contributed by atoms with Gasteiger partial charge >= 0.3 is 0 Å². The van der Waals surface area contributed by atoms with E-state index in [9.17, 15) is 0 Å². The van der Waals surface area contributed by atoms with E-state index in [0.29, 0.717) is 39.6 Å². The summed E-state index contributed by atoms with van der Waals surface area (Å²) in [6, 6.07) is 21.0. The number of hydroxylamine groups is 4. The average Bonchev–Trinajstić information content (AvgIpc) is 3.31. The fourth-order valence-electron chi connectivity index (χ4n) is 11.5. The van der Waals surface area contributed by atoms with Gasteiger partial charge in [0, 0.05) is 66.3 Å². The third kappa shape index (κ3) is 12.1. The SMILES string of the molecule is CCC1(COCCCCCCOCC2(CC)COC3(CC(C)(C)N(OC(C)c4ccccc4)C(CC)(CC)C3)OC2)COC2(CC(C)(C)N(OC(C)c3ccccc3)C(C)(CC)C2)OC1. The van der Waals surface area contributed by atoms with Gasteiger partial charge in [-0.1, -0.05) is 108 Å². The summed E-state index contributed by atoms with van der Waals surface area (Å²) in [5.41, 5.74) is 1.06. The third-order valence-electron chi connectivity index (χ3n) is 16.0. The first-order valence-corrected chi connectivity index (χ1v) is 25.7. The van der Waals surface area contributed by atoms with Crippen LogP contribution in [-0.2, 0) is 38.1 Å². The zero-order chi connectivity index (χ0) is 47.0. The summed E-state index contributed by atoms with van der Waals surface area (Å²) in [5, 5.41) is 4.56. The number of unbranched alkanes of at least 4 members (excludes halogenated alkanes) is 3. The topological polar surface area (TPSA) is 80.3 Å². The largest absolute Gasteiger partial charge is 0.381 e. The molecule has 0 radical (unpaired) electrons. The van der Waals surface area contributed by atoms with E-state index in [1.807, 2.05) is 0 Å². The number of nitrogens with zero attached hydrogens (tertiary/aromatic N) is 2. The number of benzene rings is 2. The summed E-state index contributed by atoms with van der Waals surface area (Å²) in [4.78, 5) is 13.6. The minimum atomic E-state index is -0.635. The molecule has 4 fully saturated rings. The van der Waals surface area contributed by atoms with Crippen molar-refractivity contribution in [2.75, 3.05) is 52.9 Å². The van der Waals surface area contributed by atoms with Gasteiger partial charge in [-0.2, -0.15) is 10.1 Å². The first kappa shape index (κ1) is 52.4. The highest BCUT2D eigenvalue weighted by Crippen LogP contribution is 2.54. The zero-order valence-electron chi connectivity index (χ0n) is 42.9. The predicted molar refractivity (Wildman–Crippen MR) is 259 cm³/mol. The molecule has 2 spiro atoms. The average molecular weight is 907 g/mol. The lowest BCUT2D eigenvalue weighted by Crippen LogP contribution is -2.69. The van der Waals surface area contributed by atoms with Crippen molar-refractivity contribution in [1.29, 1.82) is 0 Å². The predicted octanol–water partition coefficient (Wildman–Crippen LogP) is 12.7. The number of piperidine rings is 2. The summed E-state index contributed by atoms with van der Waals surface area (Å²) >= 11 is 0. The molecule has 4 saturated heterocycles. The number of hydrogen-bond donors (Lipinski definition) is 0. The fourth-order valence-corrected chi connectivity index (χ4v) is 11.5. The molecule has 0 amide bonds. The number of rotatable bonds is 22. The van der Waals surface area contributed by atoms with Crippen LogP contribution in [0.1, 0.15) is 190 Å². The maximum atomic E-state index is 6.90. The third-order valence-corrected chi connectivity index (χ3v) is 16.0. The quantitative estimate of drug-likeness (QED) is 0.107. The van der Waals surface area contributed by atoms with Crippen LogP contribution in [-0.4, -0.2) is 96.7 Å². The van der Waals surface area contributed by atoms with Gasteiger partial charge < -0.3 is 28.4 Å². The Morgan fingerprint density at radius 2 is 0.892 bits per heavy atom. The molecule has 2 aromatic carbocycles. The monoisotopic (exact) mass is 907 g/mol. The Labute approximate surface area is 394 Å². The van der Waals surface area contributed by atoms with Gasteiger partial charge in [0.05, 0.1) is 45.2 Å². The van der Waals surface area contributed by atoms with Crippen LogP contribution in [0.5, 0.6) is 0 Å². The first-order valence-electron chi connectivity index (χ1n) is 25.7. The molecule has 3 atom stereocenters. The lowest BCUT2D eigenvalue weighted by Gasteiger charge is -2.61. The van der Waals surface area contributed by atoms with Crippen molar-refractivity contribution in [2.45, 2.75) is 212 Å². The summed E-state index contributed by atoms with van der Waals surface area (Å²) in [6.07, 6.45) is 12.0. The first-order chi connectivity index (χ1) is 30.9. The second-order valence-corrected chi connectivity index (χ2v) is 22.2. The van der Waals surface area contributed by atoms with Crippen LogP contribution in [0.15, 0.2) is 60.7 Å². The van der Waals surface area contributed by atoms with Gasteiger partial charge in [-0.15, -0.1) is 0 Å². The van der Waals surface area contributed by atoms with Crippen LogP contribution in [0.4, 0.5) is 0 Å². The second kappa shape index (κ2) is 21.8.